The van der Waals surface area contributed by atoms with E-state index in [1.807, 2.05) is 6.92 Å². The van der Waals surface area contributed by atoms with Gasteiger partial charge in [-0.25, -0.2) is 9.98 Å². The number of nitrogens with one attached hydrogen (secondary N) is 2. The molecule has 4 nitrogen and oxygen atoms in total. The summed E-state index contributed by atoms with van der Waals surface area (Å²) in [5.74, 6) is 0.614. The molecule has 9 heteroatoms. The highest BCUT2D eigenvalue weighted by molar-refractivity contribution is 14.0. The van der Waals surface area contributed by atoms with E-state index in [2.05, 4.69) is 27.5 Å². The van der Waals surface area contributed by atoms with Gasteiger partial charge >= 0.3 is 6.18 Å². The van der Waals surface area contributed by atoms with Gasteiger partial charge in [0.1, 0.15) is 5.01 Å². The third-order valence-electron chi connectivity index (χ3n) is 2.88. The van der Waals surface area contributed by atoms with Gasteiger partial charge in [0.2, 0.25) is 0 Å². The molecule has 134 valence electrons. The van der Waals surface area contributed by atoms with Crippen LogP contribution in [0.2, 0.25) is 0 Å². The van der Waals surface area contributed by atoms with E-state index >= 15 is 0 Å². The summed E-state index contributed by atoms with van der Waals surface area (Å²) in [5.41, 5.74) is -0.847. The molecule has 0 aliphatic heterocycles. The van der Waals surface area contributed by atoms with Crippen molar-refractivity contribution in [3.05, 3.63) is 16.1 Å². The predicted molar refractivity (Wildman–Crippen MR) is 99.5 cm³/mol. The quantitative estimate of drug-likeness (QED) is 0.259. The lowest BCUT2D eigenvalue weighted by Crippen LogP contribution is -2.37. The number of guanidine groups is 1. The van der Waals surface area contributed by atoms with E-state index in [1.54, 1.807) is 0 Å². The number of aromatic nitrogens is 1. The molecule has 0 fully saturated rings. The molecule has 2 N–H and O–H groups in total. The van der Waals surface area contributed by atoms with Crippen LogP contribution in [0.5, 0.6) is 0 Å². The summed E-state index contributed by atoms with van der Waals surface area (Å²) in [6.45, 7) is 5.75. The van der Waals surface area contributed by atoms with E-state index in [0.717, 1.165) is 36.1 Å². The number of unbranched alkanes of at least 4 members (excludes halogenated alkanes) is 3. The number of aliphatic imine (C=N–C) groups is 1. The molecule has 0 bridgehead atoms. The van der Waals surface area contributed by atoms with Crippen LogP contribution < -0.4 is 10.6 Å². The summed E-state index contributed by atoms with van der Waals surface area (Å²) < 4.78 is 37.4. The van der Waals surface area contributed by atoms with Crippen LogP contribution in [0.25, 0.3) is 0 Å². The van der Waals surface area contributed by atoms with Gasteiger partial charge in [-0.05, 0) is 13.3 Å². The number of nitrogens with zero attached hydrogens (tertiary/aromatic N) is 2. The van der Waals surface area contributed by atoms with Crippen molar-refractivity contribution in [1.82, 2.24) is 15.6 Å². The highest BCUT2D eigenvalue weighted by Gasteiger charge is 2.33. The van der Waals surface area contributed by atoms with Crippen LogP contribution in [0, 0.1) is 0 Å². The van der Waals surface area contributed by atoms with Gasteiger partial charge in [-0.15, -0.1) is 35.3 Å². The predicted octanol–water partition coefficient (Wildman–Crippen LogP) is 4.42. The van der Waals surface area contributed by atoms with Crippen molar-refractivity contribution in [2.45, 2.75) is 52.3 Å². The average molecular weight is 464 g/mol. The topological polar surface area (TPSA) is 49.3 Å². The zero-order valence-electron chi connectivity index (χ0n) is 13.4. The van der Waals surface area contributed by atoms with Crippen molar-refractivity contribution in [3.63, 3.8) is 0 Å². The number of hydrogen-bond acceptors (Lipinski definition) is 3. The minimum Gasteiger partial charge on any atom is -0.357 e. The largest absolute Gasteiger partial charge is 0.434 e. The lowest BCUT2D eigenvalue weighted by Gasteiger charge is -2.10. The smallest absolute Gasteiger partial charge is 0.357 e. The number of halogens is 4. The van der Waals surface area contributed by atoms with Gasteiger partial charge in [-0.3, -0.25) is 0 Å². The van der Waals surface area contributed by atoms with Crippen LogP contribution >= 0.6 is 35.3 Å². The molecular formula is C14H24F3IN4S. The Morgan fingerprint density at radius 3 is 2.52 bits per heavy atom. The first-order valence-electron chi connectivity index (χ1n) is 7.51. The molecule has 0 amide bonds. The Morgan fingerprint density at radius 2 is 1.96 bits per heavy atom. The molecular weight excluding hydrogens is 440 g/mol. The number of thiazole rings is 1. The van der Waals surface area contributed by atoms with Gasteiger partial charge in [0.15, 0.2) is 11.7 Å². The molecule has 1 heterocycles. The highest BCUT2D eigenvalue weighted by Crippen LogP contribution is 2.30. The molecule has 1 aromatic rings. The molecule has 1 rings (SSSR count). The lowest BCUT2D eigenvalue weighted by atomic mass is 10.2. The fraction of sp³-hybridized carbons (Fsp3) is 0.714. The Labute approximate surface area is 156 Å². The molecule has 23 heavy (non-hydrogen) atoms. The molecule has 0 aliphatic rings. The Morgan fingerprint density at radius 1 is 1.22 bits per heavy atom. The first-order chi connectivity index (χ1) is 10.5. The summed E-state index contributed by atoms with van der Waals surface area (Å²) in [6.07, 6.45) is 0.201. The molecule has 0 aliphatic carbocycles. The van der Waals surface area contributed by atoms with E-state index in [-0.39, 0.29) is 30.5 Å². The van der Waals surface area contributed by atoms with Crippen LogP contribution in [0.4, 0.5) is 13.2 Å². The zero-order valence-corrected chi connectivity index (χ0v) is 16.5. The van der Waals surface area contributed by atoms with E-state index in [1.165, 1.54) is 12.8 Å². The number of alkyl halides is 3. The first kappa shape index (κ1) is 22.4. The van der Waals surface area contributed by atoms with Gasteiger partial charge in [-0.2, -0.15) is 13.2 Å². The van der Waals surface area contributed by atoms with Crippen molar-refractivity contribution in [3.8, 4) is 0 Å². The Kier molecular flexibility index (Phi) is 11.6. The second-order valence-electron chi connectivity index (χ2n) is 4.81. The molecule has 0 atom stereocenters. The molecule has 0 saturated carbocycles. The number of hydrogen-bond donors (Lipinski definition) is 2. The van der Waals surface area contributed by atoms with Crippen LogP contribution in [0.15, 0.2) is 10.4 Å². The molecule has 0 saturated heterocycles. The average Bonchev–Trinajstić information content (AvgIpc) is 2.93. The third kappa shape index (κ3) is 9.33. The van der Waals surface area contributed by atoms with Crippen molar-refractivity contribution < 1.29 is 13.2 Å². The maximum absolute atomic E-state index is 12.5. The van der Waals surface area contributed by atoms with E-state index in [0.29, 0.717) is 17.5 Å². The molecule has 0 aromatic carbocycles. The summed E-state index contributed by atoms with van der Waals surface area (Å²) in [5, 5.41) is 7.64. The van der Waals surface area contributed by atoms with Crippen LogP contribution in [-0.4, -0.2) is 24.0 Å². The first-order valence-corrected chi connectivity index (χ1v) is 8.39. The second-order valence-corrected chi connectivity index (χ2v) is 5.75. The third-order valence-corrected chi connectivity index (χ3v) is 3.72. The Balaban J connectivity index is 0.00000484. The molecule has 0 radical (unpaired) electrons. The fourth-order valence-electron chi connectivity index (χ4n) is 1.76. The van der Waals surface area contributed by atoms with Crippen LogP contribution in [-0.2, 0) is 12.7 Å². The molecule has 0 spiro atoms. The van der Waals surface area contributed by atoms with Gasteiger partial charge in [0.05, 0.1) is 6.54 Å². The van der Waals surface area contributed by atoms with Gasteiger partial charge in [-0.1, -0.05) is 26.2 Å². The number of rotatable bonds is 8. The van der Waals surface area contributed by atoms with Crippen molar-refractivity contribution in [2.24, 2.45) is 4.99 Å². The van der Waals surface area contributed by atoms with Gasteiger partial charge in [0, 0.05) is 18.5 Å². The van der Waals surface area contributed by atoms with Gasteiger partial charge < -0.3 is 10.6 Å². The normalized spacial score (nSPS) is 12.0. The van der Waals surface area contributed by atoms with E-state index in [4.69, 9.17) is 0 Å². The highest BCUT2D eigenvalue weighted by atomic mass is 127. The standard InChI is InChI=1S/C14H23F3N4S.HI/c1-3-5-6-7-8-19-13(18-4-2)20-9-12-21-11(10-22-12)14(15,16)17;/h10H,3-9H2,1-2H3,(H2,18,19,20);1H. The van der Waals surface area contributed by atoms with Crippen LogP contribution in [0.1, 0.15) is 50.2 Å². The van der Waals surface area contributed by atoms with Crippen LogP contribution in [0.3, 0.4) is 0 Å². The minimum atomic E-state index is -4.39. The van der Waals surface area contributed by atoms with Gasteiger partial charge in [0.25, 0.3) is 0 Å². The maximum Gasteiger partial charge on any atom is 0.434 e. The zero-order chi connectivity index (χ0) is 16.4. The van der Waals surface area contributed by atoms with E-state index < -0.39 is 11.9 Å². The fourth-order valence-corrected chi connectivity index (χ4v) is 2.48. The van der Waals surface area contributed by atoms with Crippen molar-refractivity contribution >= 4 is 41.3 Å². The Bertz CT molecular complexity index is 463. The summed E-state index contributed by atoms with van der Waals surface area (Å²) in [6, 6.07) is 0. The van der Waals surface area contributed by atoms with Crippen molar-refractivity contribution in [1.29, 1.82) is 0 Å². The summed E-state index contributed by atoms with van der Waals surface area (Å²) in [7, 11) is 0. The Hall–Kier alpha value is -0.580. The molecule has 0 unspecified atom stereocenters. The summed E-state index contributed by atoms with van der Waals surface area (Å²) in [4.78, 5) is 7.84. The SMILES string of the molecule is CCCCCCNC(=NCc1nc(C(F)(F)F)cs1)NCC.I. The summed E-state index contributed by atoms with van der Waals surface area (Å²) >= 11 is 0.978. The minimum absolute atomic E-state index is 0. The van der Waals surface area contributed by atoms with E-state index in [9.17, 15) is 13.2 Å². The second kappa shape index (κ2) is 11.9. The monoisotopic (exact) mass is 464 g/mol. The maximum atomic E-state index is 12.5. The van der Waals surface area contributed by atoms with Crippen molar-refractivity contribution in [2.75, 3.05) is 13.1 Å². The molecule has 1 aromatic heterocycles. The lowest BCUT2D eigenvalue weighted by molar-refractivity contribution is -0.140.